The first-order valence-corrected chi connectivity index (χ1v) is 10.4. The van der Waals surface area contributed by atoms with Gasteiger partial charge < -0.3 is 19.3 Å². The average molecular weight is 437 g/mol. The summed E-state index contributed by atoms with van der Waals surface area (Å²) in [7, 11) is 0. The van der Waals surface area contributed by atoms with Gasteiger partial charge in [0, 0.05) is 5.69 Å². The summed E-state index contributed by atoms with van der Waals surface area (Å²) in [5.74, 6) is -0.0426. The van der Waals surface area contributed by atoms with Gasteiger partial charge in [-0.15, -0.1) is 0 Å². The summed E-state index contributed by atoms with van der Waals surface area (Å²) in [5.41, 5.74) is 3.62. The van der Waals surface area contributed by atoms with Crippen molar-refractivity contribution in [3.05, 3.63) is 76.7 Å². The molecular formula is C25H28N2O5. The molecule has 0 fully saturated rings. The Morgan fingerprint density at radius 1 is 1.03 bits per heavy atom. The van der Waals surface area contributed by atoms with Crippen LogP contribution in [0.15, 0.2) is 53.1 Å². The van der Waals surface area contributed by atoms with E-state index in [9.17, 15) is 9.59 Å². The normalized spacial score (nSPS) is 11.2. The number of esters is 1. The number of hydrogen-bond donors (Lipinski definition) is 1. The highest BCUT2D eigenvalue weighted by atomic mass is 16.5. The minimum Gasteiger partial charge on any atom is -0.488 e. The second-order valence-electron chi connectivity index (χ2n) is 8.54. The van der Waals surface area contributed by atoms with Crippen LogP contribution in [0.4, 0.5) is 5.69 Å². The number of aryl methyl sites for hydroxylation is 2. The lowest BCUT2D eigenvalue weighted by atomic mass is 9.87. The zero-order valence-electron chi connectivity index (χ0n) is 19.0. The van der Waals surface area contributed by atoms with Gasteiger partial charge in [0.2, 0.25) is 0 Å². The van der Waals surface area contributed by atoms with Crippen molar-refractivity contribution < 1.29 is 23.6 Å². The molecule has 0 atom stereocenters. The molecule has 1 amide bonds. The lowest BCUT2D eigenvalue weighted by Gasteiger charge is -2.19. The van der Waals surface area contributed by atoms with E-state index in [1.807, 2.05) is 31.2 Å². The Morgan fingerprint density at radius 2 is 1.72 bits per heavy atom. The van der Waals surface area contributed by atoms with Crippen molar-refractivity contribution in [1.82, 2.24) is 5.16 Å². The minimum atomic E-state index is -0.641. The van der Waals surface area contributed by atoms with Gasteiger partial charge in [0.25, 0.3) is 5.91 Å². The van der Waals surface area contributed by atoms with Crippen molar-refractivity contribution >= 4 is 17.6 Å². The number of aromatic nitrogens is 1. The summed E-state index contributed by atoms with van der Waals surface area (Å²) in [6.45, 7) is 9.79. The third kappa shape index (κ3) is 5.75. The number of ether oxygens (including phenoxy) is 2. The molecule has 0 radical (unpaired) electrons. The number of carbonyl (C=O) groups excluding carboxylic acids is 2. The van der Waals surface area contributed by atoms with Crippen LogP contribution in [0.3, 0.4) is 0 Å². The molecule has 1 aromatic heterocycles. The largest absolute Gasteiger partial charge is 0.488 e. The van der Waals surface area contributed by atoms with E-state index in [-0.39, 0.29) is 17.6 Å². The van der Waals surface area contributed by atoms with Crippen LogP contribution in [-0.4, -0.2) is 23.6 Å². The van der Waals surface area contributed by atoms with Gasteiger partial charge in [-0.2, -0.15) is 0 Å². The highest BCUT2D eigenvalue weighted by Crippen LogP contribution is 2.24. The van der Waals surface area contributed by atoms with Crippen molar-refractivity contribution in [3.63, 3.8) is 0 Å². The maximum absolute atomic E-state index is 12.6. The summed E-state index contributed by atoms with van der Waals surface area (Å²) in [6, 6.07) is 14.3. The Labute approximate surface area is 187 Å². The van der Waals surface area contributed by atoms with Gasteiger partial charge in [0.15, 0.2) is 6.61 Å². The Morgan fingerprint density at radius 3 is 2.34 bits per heavy atom. The summed E-state index contributed by atoms with van der Waals surface area (Å²) in [4.78, 5) is 24.8. The molecule has 1 heterocycles. The minimum absolute atomic E-state index is 0.0268. The number of hydrogen-bond acceptors (Lipinski definition) is 6. The van der Waals surface area contributed by atoms with E-state index in [4.69, 9.17) is 14.0 Å². The van der Waals surface area contributed by atoms with Crippen molar-refractivity contribution in [2.45, 2.75) is 46.6 Å². The van der Waals surface area contributed by atoms with Gasteiger partial charge in [-0.1, -0.05) is 50.2 Å². The van der Waals surface area contributed by atoms with E-state index in [1.165, 1.54) is 0 Å². The predicted molar refractivity (Wildman–Crippen MR) is 121 cm³/mol. The molecule has 3 rings (SSSR count). The van der Waals surface area contributed by atoms with Crippen LogP contribution in [0.25, 0.3) is 0 Å². The van der Waals surface area contributed by atoms with Gasteiger partial charge >= 0.3 is 5.97 Å². The molecule has 0 spiro atoms. The zero-order chi connectivity index (χ0) is 23.3. The smallest absolute Gasteiger partial charge is 0.342 e. The number of rotatable bonds is 7. The van der Waals surface area contributed by atoms with Crippen molar-refractivity contribution in [1.29, 1.82) is 0 Å². The third-order valence-electron chi connectivity index (χ3n) is 5.03. The second kappa shape index (κ2) is 9.68. The number of benzene rings is 2. The molecule has 1 N–H and O–H groups in total. The summed E-state index contributed by atoms with van der Waals surface area (Å²) < 4.78 is 16.1. The van der Waals surface area contributed by atoms with E-state index in [2.05, 4.69) is 31.2 Å². The molecule has 7 heteroatoms. The standard InChI is InChI=1S/C25H28N2O5/c1-16-21(17(2)32-27-16)14-30-22-9-7-6-8-20(22)24(29)31-15-23(28)26-19-12-10-18(11-13-19)25(3,4)5/h6-13H,14-15H2,1-5H3,(H,26,28). The molecule has 168 valence electrons. The van der Waals surface area contributed by atoms with E-state index < -0.39 is 18.5 Å². The first-order chi connectivity index (χ1) is 15.1. The van der Waals surface area contributed by atoms with Crippen LogP contribution in [0.2, 0.25) is 0 Å². The quantitative estimate of drug-likeness (QED) is 0.526. The molecule has 0 bridgehead atoms. The van der Waals surface area contributed by atoms with Crippen molar-refractivity contribution in [2.75, 3.05) is 11.9 Å². The highest BCUT2D eigenvalue weighted by molar-refractivity contribution is 5.96. The molecule has 3 aromatic rings. The molecule has 32 heavy (non-hydrogen) atoms. The van der Waals surface area contributed by atoms with E-state index >= 15 is 0 Å². The molecule has 0 aliphatic rings. The molecule has 0 unspecified atom stereocenters. The molecule has 0 saturated carbocycles. The Kier molecular flexibility index (Phi) is 6.98. The molecule has 0 aliphatic carbocycles. The van der Waals surface area contributed by atoms with Crippen LogP contribution in [-0.2, 0) is 21.6 Å². The molecule has 7 nitrogen and oxygen atoms in total. The summed E-state index contributed by atoms with van der Waals surface area (Å²) in [5, 5.41) is 6.63. The first kappa shape index (κ1) is 23.1. The average Bonchev–Trinajstić information content (AvgIpc) is 3.08. The predicted octanol–water partition coefficient (Wildman–Crippen LogP) is 4.96. The molecular weight excluding hydrogens is 408 g/mol. The number of anilines is 1. The first-order valence-electron chi connectivity index (χ1n) is 10.4. The SMILES string of the molecule is Cc1noc(C)c1COc1ccccc1C(=O)OCC(=O)Nc1ccc(C(C)(C)C)cc1. The fourth-order valence-electron chi connectivity index (χ4n) is 3.08. The van der Waals surface area contributed by atoms with Gasteiger partial charge in [-0.3, -0.25) is 4.79 Å². The number of nitrogens with zero attached hydrogens (tertiary/aromatic N) is 1. The molecule has 2 aromatic carbocycles. The lowest BCUT2D eigenvalue weighted by molar-refractivity contribution is -0.119. The number of amides is 1. The van der Waals surface area contributed by atoms with Gasteiger partial charge in [-0.05, 0) is 49.1 Å². The van der Waals surface area contributed by atoms with Gasteiger partial charge in [0.05, 0.1) is 11.3 Å². The highest BCUT2D eigenvalue weighted by Gasteiger charge is 2.18. The van der Waals surface area contributed by atoms with Gasteiger partial charge in [0.1, 0.15) is 23.7 Å². The van der Waals surface area contributed by atoms with E-state index in [0.717, 1.165) is 16.8 Å². The summed E-state index contributed by atoms with van der Waals surface area (Å²) in [6.07, 6.45) is 0. The Hall–Kier alpha value is -3.61. The van der Waals surface area contributed by atoms with Crippen LogP contribution in [0.1, 0.15) is 53.7 Å². The van der Waals surface area contributed by atoms with Crippen molar-refractivity contribution in [3.8, 4) is 5.75 Å². The van der Waals surface area contributed by atoms with E-state index in [0.29, 0.717) is 17.2 Å². The maximum atomic E-state index is 12.6. The lowest BCUT2D eigenvalue weighted by Crippen LogP contribution is -2.21. The fraction of sp³-hybridized carbons (Fsp3) is 0.320. The van der Waals surface area contributed by atoms with Crippen LogP contribution in [0, 0.1) is 13.8 Å². The maximum Gasteiger partial charge on any atom is 0.342 e. The zero-order valence-corrected chi connectivity index (χ0v) is 19.0. The van der Waals surface area contributed by atoms with Crippen molar-refractivity contribution in [2.24, 2.45) is 0 Å². The second-order valence-corrected chi connectivity index (χ2v) is 8.54. The fourth-order valence-corrected chi connectivity index (χ4v) is 3.08. The topological polar surface area (TPSA) is 90.7 Å². The molecule has 0 saturated heterocycles. The number of carbonyl (C=O) groups is 2. The van der Waals surface area contributed by atoms with E-state index in [1.54, 1.807) is 31.2 Å². The number of para-hydroxylation sites is 1. The Bertz CT molecular complexity index is 1070. The van der Waals surface area contributed by atoms with Crippen LogP contribution < -0.4 is 10.1 Å². The monoisotopic (exact) mass is 436 g/mol. The number of nitrogens with one attached hydrogen (secondary N) is 1. The van der Waals surface area contributed by atoms with Crippen LogP contribution in [0.5, 0.6) is 5.75 Å². The summed E-state index contributed by atoms with van der Waals surface area (Å²) >= 11 is 0. The van der Waals surface area contributed by atoms with Crippen LogP contribution >= 0.6 is 0 Å². The third-order valence-corrected chi connectivity index (χ3v) is 5.03. The molecule has 0 aliphatic heterocycles. The Balaban J connectivity index is 1.57. The van der Waals surface area contributed by atoms with Gasteiger partial charge in [-0.25, -0.2) is 4.79 Å².